The molecule has 0 amide bonds. The lowest BCUT2D eigenvalue weighted by Crippen LogP contribution is -2.29. The van der Waals surface area contributed by atoms with Crippen LogP contribution in [0.2, 0.25) is 0 Å². The van der Waals surface area contributed by atoms with E-state index in [0.29, 0.717) is 6.04 Å². The number of hydrogen-bond acceptors (Lipinski definition) is 3. The van der Waals surface area contributed by atoms with Gasteiger partial charge in [0.2, 0.25) is 0 Å². The molecule has 0 saturated heterocycles. The van der Waals surface area contributed by atoms with Gasteiger partial charge in [0, 0.05) is 24.6 Å². The molecule has 0 aliphatic carbocycles. The number of rotatable bonds is 5. The minimum atomic E-state index is 0.428. The molecule has 1 N–H and O–H groups in total. The molecule has 3 heteroatoms. The molecule has 1 aromatic rings. The highest BCUT2D eigenvalue weighted by atomic mass is 32.1. The topological polar surface area (TPSA) is 21.3 Å². The Kier molecular flexibility index (Phi) is 4.29. The Morgan fingerprint density at radius 3 is 3.08 bits per heavy atom. The van der Waals surface area contributed by atoms with Gasteiger partial charge in [-0.1, -0.05) is 6.07 Å². The highest BCUT2D eigenvalue weighted by molar-refractivity contribution is 7.09. The van der Waals surface area contributed by atoms with Crippen molar-refractivity contribution >= 4 is 11.3 Å². The Balaban J connectivity index is 2.17. The summed E-state index contributed by atoms with van der Waals surface area (Å²) in [6, 6.07) is 4.64. The van der Waals surface area contributed by atoms with E-state index >= 15 is 0 Å². The number of nitrogens with one attached hydrogen (secondary N) is 1. The maximum Gasteiger partial charge on any atom is 0.0613 e. The minimum Gasteiger partial charge on any atom is -0.383 e. The predicted octanol–water partition coefficient (Wildman–Crippen LogP) is 1.87. The second kappa shape index (κ2) is 5.30. The van der Waals surface area contributed by atoms with E-state index in [1.165, 1.54) is 4.88 Å². The molecule has 2 nitrogen and oxygen atoms in total. The van der Waals surface area contributed by atoms with Crippen LogP contribution in [-0.2, 0) is 11.3 Å². The van der Waals surface area contributed by atoms with Gasteiger partial charge in [-0.25, -0.2) is 0 Å². The van der Waals surface area contributed by atoms with Gasteiger partial charge in [-0.15, -0.1) is 11.3 Å². The van der Waals surface area contributed by atoms with Crippen molar-refractivity contribution in [3.05, 3.63) is 22.4 Å². The van der Waals surface area contributed by atoms with Crippen LogP contribution in [0.25, 0.3) is 0 Å². The van der Waals surface area contributed by atoms with Crippen LogP contribution < -0.4 is 5.32 Å². The Hall–Kier alpha value is -0.380. The fourth-order valence-electron chi connectivity index (χ4n) is 0.997. The third kappa shape index (κ3) is 3.34. The fraction of sp³-hybridized carbons (Fsp3) is 0.556. The lowest BCUT2D eigenvalue weighted by atomic mass is 10.3. The third-order valence-electron chi connectivity index (χ3n) is 1.62. The first-order valence-electron chi connectivity index (χ1n) is 4.07. The molecular formula is C9H15NOS. The van der Waals surface area contributed by atoms with Crippen LogP contribution in [0.5, 0.6) is 0 Å². The van der Waals surface area contributed by atoms with E-state index in [1.54, 1.807) is 18.4 Å². The number of thiophene rings is 1. The Morgan fingerprint density at radius 2 is 2.50 bits per heavy atom. The second-order valence-electron chi connectivity index (χ2n) is 2.82. The number of methoxy groups -OCH3 is 1. The highest BCUT2D eigenvalue weighted by Crippen LogP contribution is 2.07. The first-order valence-corrected chi connectivity index (χ1v) is 4.95. The van der Waals surface area contributed by atoms with Gasteiger partial charge in [-0.05, 0) is 18.4 Å². The molecule has 0 aliphatic rings. The zero-order valence-corrected chi connectivity index (χ0v) is 8.36. The summed E-state index contributed by atoms with van der Waals surface area (Å²) >= 11 is 1.78. The van der Waals surface area contributed by atoms with Crippen LogP contribution in [-0.4, -0.2) is 19.8 Å². The summed E-state index contributed by atoms with van der Waals surface area (Å²) in [6.07, 6.45) is 0. The largest absolute Gasteiger partial charge is 0.383 e. The summed E-state index contributed by atoms with van der Waals surface area (Å²) in [7, 11) is 1.73. The molecule has 0 aromatic carbocycles. The molecule has 1 aromatic heterocycles. The molecule has 1 atom stereocenters. The standard InChI is InChI=1S/C9H15NOS/c1-8(7-11-2)10-6-9-4-3-5-12-9/h3-5,8,10H,6-7H2,1-2H3. The zero-order chi connectivity index (χ0) is 8.81. The van der Waals surface area contributed by atoms with E-state index < -0.39 is 0 Å². The van der Waals surface area contributed by atoms with E-state index in [0.717, 1.165) is 13.2 Å². The van der Waals surface area contributed by atoms with Gasteiger partial charge in [0.05, 0.1) is 6.61 Å². The minimum absolute atomic E-state index is 0.428. The summed E-state index contributed by atoms with van der Waals surface area (Å²) in [5.41, 5.74) is 0. The van der Waals surface area contributed by atoms with Gasteiger partial charge in [0.1, 0.15) is 0 Å². The first kappa shape index (κ1) is 9.71. The van der Waals surface area contributed by atoms with Crippen molar-refractivity contribution in [1.29, 1.82) is 0 Å². The van der Waals surface area contributed by atoms with Gasteiger partial charge in [0.25, 0.3) is 0 Å². The molecule has 0 bridgehead atoms. The molecule has 0 fully saturated rings. The van der Waals surface area contributed by atoms with Crippen molar-refractivity contribution < 1.29 is 4.74 Å². The smallest absolute Gasteiger partial charge is 0.0613 e. The summed E-state index contributed by atoms with van der Waals surface area (Å²) in [5.74, 6) is 0. The zero-order valence-electron chi connectivity index (χ0n) is 7.54. The molecule has 0 radical (unpaired) electrons. The van der Waals surface area contributed by atoms with Gasteiger partial charge in [0.15, 0.2) is 0 Å². The Morgan fingerprint density at radius 1 is 1.67 bits per heavy atom. The van der Waals surface area contributed by atoms with E-state index in [9.17, 15) is 0 Å². The normalized spacial score (nSPS) is 13.2. The molecule has 0 saturated carbocycles. The van der Waals surface area contributed by atoms with Crippen molar-refractivity contribution in [2.75, 3.05) is 13.7 Å². The van der Waals surface area contributed by atoms with Crippen LogP contribution >= 0.6 is 11.3 Å². The third-order valence-corrected chi connectivity index (χ3v) is 2.50. The molecular weight excluding hydrogens is 170 g/mol. The van der Waals surface area contributed by atoms with Crippen LogP contribution in [0.3, 0.4) is 0 Å². The maximum atomic E-state index is 5.01. The van der Waals surface area contributed by atoms with Crippen LogP contribution in [0, 0.1) is 0 Å². The fourth-order valence-corrected chi connectivity index (χ4v) is 1.65. The maximum absolute atomic E-state index is 5.01. The monoisotopic (exact) mass is 185 g/mol. The number of ether oxygens (including phenoxy) is 1. The SMILES string of the molecule is COCC(C)NCc1cccs1. The van der Waals surface area contributed by atoms with E-state index in [4.69, 9.17) is 4.74 Å². The quantitative estimate of drug-likeness (QED) is 0.756. The van der Waals surface area contributed by atoms with E-state index in [-0.39, 0.29) is 0 Å². The Bertz CT molecular complexity index is 198. The second-order valence-corrected chi connectivity index (χ2v) is 3.85. The van der Waals surface area contributed by atoms with Crippen LogP contribution in [0.4, 0.5) is 0 Å². The van der Waals surface area contributed by atoms with Gasteiger partial charge in [-0.2, -0.15) is 0 Å². The van der Waals surface area contributed by atoms with Crippen molar-refractivity contribution in [3.63, 3.8) is 0 Å². The average Bonchev–Trinajstić information content (AvgIpc) is 2.53. The van der Waals surface area contributed by atoms with Gasteiger partial charge < -0.3 is 10.1 Å². The summed E-state index contributed by atoms with van der Waals surface area (Å²) in [5, 5.41) is 5.47. The summed E-state index contributed by atoms with van der Waals surface area (Å²) < 4.78 is 5.01. The lowest BCUT2D eigenvalue weighted by Gasteiger charge is -2.10. The van der Waals surface area contributed by atoms with E-state index in [2.05, 4.69) is 29.8 Å². The van der Waals surface area contributed by atoms with Crippen molar-refractivity contribution in [3.8, 4) is 0 Å². The Labute approximate surface area is 77.6 Å². The predicted molar refractivity (Wildman–Crippen MR) is 52.5 cm³/mol. The van der Waals surface area contributed by atoms with Crippen molar-refractivity contribution in [2.24, 2.45) is 0 Å². The van der Waals surface area contributed by atoms with Crippen molar-refractivity contribution in [1.82, 2.24) is 5.32 Å². The highest BCUT2D eigenvalue weighted by Gasteiger charge is 1.99. The molecule has 0 spiro atoms. The van der Waals surface area contributed by atoms with Crippen molar-refractivity contribution in [2.45, 2.75) is 19.5 Å². The average molecular weight is 185 g/mol. The van der Waals surface area contributed by atoms with Gasteiger partial charge in [-0.3, -0.25) is 0 Å². The first-order chi connectivity index (χ1) is 5.83. The molecule has 1 rings (SSSR count). The molecule has 0 aliphatic heterocycles. The molecule has 68 valence electrons. The van der Waals surface area contributed by atoms with E-state index in [1.807, 2.05) is 0 Å². The summed E-state index contributed by atoms with van der Waals surface area (Å²) in [4.78, 5) is 1.37. The van der Waals surface area contributed by atoms with Crippen LogP contribution in [0.15, 0.2) is 17.5 Å². The van der Waals surface area contributed by atoms with Gasteiger partial charge >= 0.3 is 0 Å². The van der Waals surface area contributed by atoms with Crippen LogP contribution in [0.1, 0.15) is 11.8 Å². The molecule has 12 heavy (non-hydrogen) atoms. The number of hydrogen-bond donors (Lipinski definition) is 1. The lowest BCUT2D eigenvalue weighted by molar-refractivity contribution is 0.172. The summed E-state index contributed by atoms with van der Waals surface area (Å²) in [6.45, 7) is 3.84. The molecule has 1 unspecified atom stereocenters. The molecule has 1 heterocycles.